The molecule has 0 aromatic carbocycles. The lowest BCUT2D eigenvalue weighted by Gasteiger charge is -1.99. The van der Waals surface area contributed by atoms with Crippen LogP contribution in [0.1, 0.15) is 13.8 Å². The molecule has 0 saturated carbocycles. The van der Waals surface area contributed by atoms with Crippen LogP contribution in [0.25, 0.3) is 0 Å². The van der Waals surface area contributed by atoms with Gasteiger partial charge in [0.05, 0.1) is 7.11 Å². The standard InChI is InChI=1S/C11H17NO2/c1-5-12-11(13)9(2)7-6-8-10(3)14-4/h6-8H,3,5H2,1-2,4H3,(H,12,13)/b8-6-,9-7+. The molecule has 0 aliphatic carbocycles. The normalized spacial score (nSPS) is 11.5. The molecule has 0 unspecified atom stereocenters. The highest BCUT2D eigenvalue weighted by Crippen LogP contribution is 1.96. The zero-order valence-corrected chi connectivity index (χ0v) is 8.96. The Balaban J connectivity index is 4.17. The number of carbonyl (C=O) groups excluding carboxylic acids is 1. The van der Waals surface area contributed by atoms with E-state index in [1.165, 1.54) is 0 Å². The van der Waals surface area contributed by atoms with Gasteiger partial charge in [-0.3, -0.25) is 4.79 Å². The summed E-state index contributed by atoms with van der Waals surface area (Å²) in [6.45, 7) is 7.89. The summed E-state index contributed by atoms with van der Waals surface area (Å²) in [7, 11) is 1.55. The maximum Gasteiger partial charge on any atom is 0.246 e. The number of nitrogens with one attached hydrogen (secondary N) is 1. The zero-order chi connectivity index (χ0) is 11.0. The summed E-state index contributed by atoms with van der Waals surface area (Å²) in [5.41, 5.74) is 0.659. The summed E-state index contributed by atoms with van der Waals surface area (Å²) in [4.78, 5) is 11.2. The Bertz CT molecular complexity index is 264. The van der Waals surface area contributed by atoms with Crippen molar-refractivity contribution in [1.82, 2.24) is 5.32 Å². The molecule has 78 valence electrons. The second kappa shape index (κ2) is 6.95. The third-order valence-corrected chi connectivity index (χ3v) is 1.59. The molecular weight excluding hydrogens is 178 g/mol. The van der Waals surface area contributed by atoms with E-state index >= 15 is 0 Å². The van der Waals surface area contributed by atoms with E-state index in [9.17, 15) is 4.79 Å². The fourth-order valence-electron chi connectivity index (χ4n) is 0.743. The number of rotatable bonds is 5. The average molecular weight is 195 g/mol. The van der Waals surface area contributed by atoms with E-state index in [1.807, 2.05) is 6.92 Å². The van der Waals surface area contributed by atoms with Crippen LogP contribution in [0.3, 0.4) is 0 Å². The first-order valence-corrected chi connectivity index (χ1v) is 4.47. The summed E-state index contributed by atoms with van der Waals surface area (Å²) < 4.78 is 4.83. The third-order valence-electron chi connectivity index (χ3n) is 1.59. The van der Waals surface area contributed by atoms with Crippen LogP contribution in [0.15, 0.2) is 36.1 Å². The molecule has 1 N–H and O–H groups in total. The van der Waals surface area contributed by atoms with Gasteiger partial charge in [0.15, 0.2) is 0 Å². The Kier molecular flexibility index (Phi) is 6.20. The Morgan fingerprint density at radius 2 is 2.21 bits per heavy atom. The molecule has 1 amide bonds. The number of carbonyl (C=O) groups is 1. The molecule has 0 aromatic rings. The highest BCUT2D eigenvalue weighted by Gasteiger charge is 1.98. The minimum Gasteiger partial charge on any atom is -0.497 e. The predicted molar refractivity (Wildman–Crippen MR) is 57.7 cm³/mol. The van der Waals surface area contributed by atoms with Crippen molar-refractivity contribution in [3.8, 4) is 0 Å². The van der Waals surface area contributed by atoms with Crippen LogP contribution >= 0.6 is 0 Å². The molecule has 3 nitrogen and oxygen atoms in total. The van der Waals surface area contributed by atoms with Crippen LogP contribution in [-0.2, 0) is 9.53 Å². The van der Waals surface area contributed by atoms with E-state index in [0.29, 0.717) is 17.9 Å². The number of allylic oxidation sites excluding steroid dienone is 3. The SMILES string of the molecule is C=C(/C=C\C=C(/C)C(=O)NCC)OC. The van der Waals surface area contributed by atoms with Gasteiger partial charge in [0.25, 0.3) is 0 Å². The van der Waals surface area contributed by atoms with Crippen molar-refractivity contribution in [2.24, 2.45) is 0 Å². The molecule has 0 radical (unpaired) electrons. The van der Waals surface area contributed by atoms with E-state index in [1.54, 1.807) is 32.3 Å². The second-order valence-corrected chi connectivity index (χ2v) is 2.74. The van der Waals surface area contributed by atoms with Crippen molar-refractivity contribution in [3.05, 3.63) is 36.1 Å². The summed E-state index contributed by atoms with van der Waals surface area (Å²) in [6, 6.07) is 0. The lowest BCUT2D eigenvalue weighted by atomic mass is 10.2. The van der Waals surface area contributed by atoms with Crippen LogP contribution in [-0.4, -0.2) is 19.6 Å². The minimum atomic E-state index is -0.0554. The number of ether oxygens (including phenoxy) is 1. The number of likely N-dealkylation sites (N-methyl/N-ethyl adjacent to an activating group) is 1. The smallest absolute Gasteiger partial charge is 0.246 e. The molecular formula is C11H17NO2. The van der Waals surface area contributed by atoms with Crippen LogP contribution < -0.4 is 5.32 Å². The molecule has 3 heteroatoms. The van der Waals surface area contributed by atoms with Gasteiger partial charge in [0.2, 0.25) is 5.91 Å². The van der Waals surface area contributed by atoms with Crippen molar-refractivity contribution in [1.29, 1.82) is 0 Å². The summed E-state index contributed by atoms with van der Waals surface area (Å²) in [6.07, 6.45) is 5.15. The maximum absolute atomic E-state index is 11.2. The Hall–Kier alpha value is -1.51. The van der Waals surface area contributed by atoms with Crippen LogP contribution in [0, 0.1) is 0 Å². The van der Waals surface area contributed by atoms with E-state index in [4.69, 9.17) is 4.74 Å². The van der Waals surface area contributed by atoms with E-state index in [2.05, 4.69) is 11.9 Å². The fourth-order valence-corrected chi connectivity index (χ4v) is 0.743. The van der Waals surface area contributed by atoms with Gasteiger partial charge in [-0.25, -0.2) is 0 Å². The van der Waals surface area contributed by atoms with Gasteiger partial charge in [-0.15, -0.1) is 0 Å². The largest absolute Gasteiger partial charge is 0.497 e. The van der Waals surface area contributed by atoms with Crippen molar-refractivity contribution < 1.29 is 9.53 Å². The average Bonchev–Trinajstić information content (AvgIpc) is 2.17. The van der Waals surface area contributed by atoms with Gasteiger partial charge in [-0.05, 0) is 19.9 Å². The molecule has 0 spiro atoms. The highest BCUT2D eigenvalue weighted by molar-refractivity contribution is 5.92. The molecule has 14 heavy (non-hydrogen) atoms. The van der Waals surface area contributed by atoms with Crippen LogP contribution in [0.2, 0.25) is 0 Å². The third kappa shape index (κ3) is 5.19. The Labute approximate surface area is 85.1 Å². The molecule has 0 saturated heterocycles. The monoisotopic (exact) mass is 195 g/mol. The predicted octanol–water partition coefficient (Wildman–Crippen LogP) is 1.79. The van der Waals surface area contributed by atoms with Crippen molar-refractivity contribution in [2.75, 3.05) is 13.7 Å². The van der Waals surface area contributed by atoms with Gasteiger partial charge in [-0.2, -0.15) is 0 Å². The van der Waals surface area contributed by atoms with Crippen molar-refractivity contribution >= 4 is 5.91 Å². The summed E-state index contributed by atoms with van der Waals surface area (Å²) in [5, 5.41) is 2.70. The Morgan fingerprint density at radius 3 is 2.71 bits per heavy atom. The van der Waals surface area contributed by atoms with Gasteiger partial charge in [0, 0.05) is 12.1 Å². The number of methoxy groups -OCH3 is 1. The molecule has 0 fully saturated rings. The number of hydrogen-bond acceptors (Lipinski definition) is 2. The first-order chi connectivity index (χ1) is 6.61. The van der Waals surface area contributed by atoms with Gasteiger partial charge in [0.1, 0.15) is 5.76 Å². The molecule has 0 bridgehead atoms. The van der Waals surface area contributed by atoms with E-state index in [-0.39, 0.29) is 5.91 Å². The van der Waals surface area contributed by atoms with E-state index < -0.39 is 0 Å². The van der Waals surface area contributed by atoms with Gasteiger partial charge in [-0.1, -0.05) is 18.7 Å². The molecule has 0 aromatic heterocycles. The van der Waals surface area contributed by atoms with Crippen molar-refractivity contribution in [2.45, 2.75) is 13.8 Å². The highest BCUT2D eigenvalue weighted by atomic mass is 16.5. The topological polar surface area (TPSA) is 38.3 Å². The van der Waals surface area contributed by atoms with Crippen molar-refractivity contribution in [3.63, 3.8) is 0 Å². The second-order valence-electron chi connectivity index (χ2n) is 2.74. The zero-order valence-electron chi connectivity index (χ0n) is 8.96. The quantitative estimate of drug-likeness (QED) is 0.412. The molecule has 0 aliphatic rings. The number of amides is 1. The fraction of sp³-hybridized carbons (Fsp3) is 0.364. The summed E-state index contributed by atoms with van der Waals surface area (Å²) in [5.74, 6) is 0.505. The first-order valence-electron chi connectivity index (χ1n) is 4.47. The van der Waals surface area contributed by atoms with Gasteiger partial charge < -0.3 is 10.1 Å². The molecule has 0 rings (SSSR count). The molecule has 0 heterocycles. The minimum absolute atomic E-state index is 0.0554. The number of hydrogen-bond donors (Lipinski definition) is 1. The summed E-state index contributed by atoms with van der Waals surface area (Å²) >= 11 is 0. The maximum atomic E-state index is 11.2. The van der Waals surface area contributed by atoms with Gasteiger partial charge >= 0.3 is 0 Å². The van der Waals surface area contributed by atoms with Crippen LogP contribution in [0.4, 0.5) is 0 Å². The lowest BCUT2D eigenvalue weighted by Crippen LogP contribution is -2.23. The molecule has 0 aliphatic heterocycles. The molecule has 0 atom stereocenters. The van der Waals surface area contributed by atoms with Crippen LogP contribution in [0.5, 0.6) is 0 Å². The Morgan fingerprint density at radius 1 is 1.57 bits per heavy atom. The van der Waals surface area contributed by atoms with E-state index in [0.717, 1.165) is 0 Å². The first kappa shape index (κ1) is 12.5. The lowest BCUT2D eigenvalue weighted by molar-refractivity contribution is -0.117.